The van der Waals surface area contributed by atoms with Crippen LogP contribution < -0.4 is 5.56 Å². The summed E-state index contributed by atoms with van der Waals surface area (Å²) in [4.78, 5) is 30.1. The van der Waals surface area contributed by atoms with Gasteiger partial charge in [0.05, 0.1) is 30.1 Å². The Labute approximate surface area is 156 Å². The average molecular weight is 364 g/mol. The number of ether oxygens (including phenoxy) is 1. The Morgan fingerprint density at radius 2 is 2.07 bits per heavy atom. The summed E-state index contributed by atoms with van der Waals surface area (Å²) in [5, 5.41) is 10.1. The number of hydrogen-bond donors (Lipinski definition) is 1. The zero-order chi connectivity index (χ0) is 19.1. The number of para-hydroxylation sites is 1. The highest BCUT2D eigenvalue weighted by molar-refractivity contribution is 5.98. The van der Waals surface area contributed by atoms with Gasteiger partial charge in [0.25, 0.3) is 5.56 Å². The van der Waals surface area contributed by atoms with Gasteiger partial charge < -0.3 is 9.84 Å². The van der Waals surface area contributed by atoms with Gasteiger partial charge in [0.2, 0.25) is 0 Å². The minimum atomic E-state index is -0.670. The van der Waals surface area contributed by atoms with Crippen LogP contribution >= 0.6 is 0 Å². The topological polar surface area (TPSA) is 81.4 Å². The summed E-state index contributed by atoms with van der Waals surface area (Å²) in [7, 11) is 0. The Hall–Kier alpha value is -2.83. The maximum atomic E-state index is 13.1. The van der Waals surface area contributed by atoms with E-state index >= 15 is 0 Å². The van der Waals surface area contributed by atoms with Crippen LogP contribution in [0.3, 0.4) is 0 Å². The van der Waals surface area contributed by atoms with Crippen molar-refractivity contribution in [1.82, 2.24) is 9.55 Å². The molecule has 0 spiro atoms. The molecule has 1 unspecified atom stereocenters. The third-order valence-corrected chi connectivity index (χ3v) is 4.97. The van der Waals surface area contributed by atoms with E-state index in [1.165, 1.54) is 4.57 Å². The number of aliphatic hydroxyl groups excluding tert-OH is 1. The van der Waals surface area contributed by atoms with Gasteiger partial charge in [0.15, 0.2) is 12.0 Å². The molecular weight excluding hydrogens is 344 g/mol. The number of pyridine rings is 2. The number of aromatic nitrogens is 2. The van der Waals surface area contributed by atoms with E-state index in [4.69, 9.17) is 9.72 Å². The standard InChI is InChI=1S/C21H20N2O4/c1-3-18(25)14-11-17-19-15(10-13-6-4-5-7-16(13)22-19)21(27-9-8-24)23(17)20(26)12(14)2/h4-7,10-11,21,24H,3,8-9H2,1-2H3. The molecule has 0 saturated heterocycles. The number of carbonyl (C=O) groups excluding carboxylic acids is 1. The Morgan fingerprint density at radius 1 is 1.30 bits per heavy atom. The second kappa shape index (κ2) is 6.72. The van der Waals surface area contributed by atoms with E-state index < -0.39 is 6.23 Å². The van der Waals surface area contributed by atoms with Gasteiger partial charge in [-0.1, -0.05) is 25.1 Å². The number of carbonyl (C=O) groups is 1. The lowest BCUT2D eigenvalue weighted by Crippen LogP contribution is -2.29. The van der Waals surface area contributed by atoms with Crippen molar-refractivity contribution < 1.29 is 14.6 Å². The molecule has 0 bridgehead atoms. The number of rotatable bonds is 5. The summed E-state index contributed by atoms with van der Waals surface area (Å²) < 4.78 is 7.34. The molecule has 0 aliphatic carbocycles. The highest BCUT2D eigenvalue weighted by Gasteiger charge is 2.33. The molecule has 0 radical (unpaired) electrons. The summed E-state index contributed by atoms with van der Waals surface area (Å²) in [5.41, 5.74) is 3.35. The maximum absolute atomic E-state index is 13.1. The number of Topliss-reactive ketones (excluding diaryl/α,β-unsaturated/α-hetero) is 1. The number of ketones is 1. The number of nitrogens with zero attached hydrogens (tertiary/aromatic N) is 2. The fourth-order valence-electron chi connectivity index (χ4n) is 3.61. The van der Waals surface area contributed by atoms with E-state index in [-0.39, 0.29) is 24.6 Å². The van der Waals surface area contributed by atoms with Crippen LogP contribution in [0.15, 0.2) is 41.2 Å². The molecular formula is C21H20N2O4. The average Bonchev–Trinajstić information content (AvgIpc) is 2.99. The van der Waals surface area contributed by atoms with E-state index in [2.05, 4.69) is 0 Å². The van der Waals surface area contributed by atoms with Gasteiger partial charge in [-0.3, -0.25) is 14.2 Å². The molecule has 3 heterocycles. The molecule has 0 amide bonds. The van der Waals surface area contributed by atoms with Crippen molar-refractivity contribution in [1.29, 1.82) is 0 Å². The molecule has 6 heteroatoms. The smallest absolute Gasteiger partial charge is 0.257 e. The first-order chi connectivity index (χ1) is 13.1. The summed E-state index contributed by atoms with van der Waals surface area (Å²) in [6, 6.07) is 11.4. The molecule has 1 atom stereocenters. The van der Waals surface area contributed by atoms with Crippen LogP contribution in [0.2, 0.25) is 0 Å². The number of aliphatic hydroxyl groups is 1. The van der Waals surface area contributed by atoms with Crippen molar-refractivity contribution in [2.45, 2.75) is 26.5 Å². The summed E-state index contributed by atoms with van der Waals surface area (Å²) in [5.74, 6) is -0.0740. The SMILES string of the molecule is CCC(=O)c1cc2n(c(=O)c1C)C(OCCO)c1cc3ccccc3nc1-2. The lowest BCUT2D eigenvalue weighted by molar-refractivity contribution is 0.0134. The van der Waals surface area contributed by atoms with Crippen molar-refractivity contribution in [2.24, 2.45) is 0 Å². The zero-order valence-electron chi connectivity index (χ0n) is 15.2. The Kier molecular flexibility index (Phi) is 4.37. The van der Waals surface area contributed by atoms with Gasteiger partial charge in [-0.15, -0.1) is 0 Å². The van der Waals surface area contributed by atoms with Gasteiger partial charge in [0.1, 0.15) is 0 Å². The second-order valence-electron chi connectivity index (χ2n) is 6.59. The summed E-state index contributed by atoms with van der Waals surface area (Å²) >= 11 is 0. The first kappa shape index (κ1) is 17.6. The summed E-state index contributed by atoms with van der Waals surface area (Å²) in [6.07, 6.45) is -0.345. The molecule has 0 fully saturated rings. The van der Waals surface area contributed by atoms with Gasteiger partial charge >= 0.3 is 0 Å². The Morgan fingerprint density at radius 3 is 2.81 bits per heavy atom. The van der Waals surface area contributed by atoms with Gasteiger partial charge in [0, 0.05) is 28.5 Å². The van der Waals surface area contributed by atoms with Crippen molar-refractivity contribution in [3.05, 3.63) is 63.4 Å². The van der Waals surface area contributed by atoms with Crippen LogP contribution in [0.25, 0.3) is 22.3 Å². The van der Waals surface area contributed by atoms with Crippen molar-refractivity contribution in [3.8, 4) is 11.4 Å². The third-order valence-electron chi connectivity index (χ3n) is 4.97. The lowest BCUT2D eigenvalue weighted by Gasteiger charge is -2.17. The van der Waals surface area contributed by atoms with Crippen molar-refractivity contribution in [3.63, 3.8) is 0 Å². The van der Waals surface area contributed by atoms with Crippen LogP contribution in [0.5, 0.6) is 0 Å². The summed E-state index contributed by atoms with van der Waals surface area (Å²) in [6.45, 7) is 3.38. The van der Waals surface area contributed by atoms with Crippen molar-refractivity contribution in [2.75, 3.05) is 13.2 Å². The lowest BCUT2D eigenvalue weighted by atomic mass is 10.0. The van der Waals surface area contributed by atoms with E-state index in [0.29, 0.717) is 28.9 Å². The molecule has 4 rings (SSSR count). The van der Waals surface area contributed by atoms with E-state index in [1.54, 1.807) is 19.9 Å². The predicted molar refractivity (Wildman–Crippen MR) is 102 cm³/mol. The fourth-order valence-corrected chi connectivity index (χ4v) is 3.61. The van der Waals surface area contributed by atoms with Gasteiger partial charge in [-0.25, -0.2) is 4.98 Å². The van der Waals surface area contributed by atoms with Crippen LogP contribution in [0.1, 0.15) is 41.1 Å². The Balaban J connectivity index is 2.03. The first-order valence-electron chi connectivity index (χ1n) is 8.98. The molecule has 1 aliphatic rings. The second-order valence-corrected chi connectivity index (χ2v) is 6.59. The maximum Gasteiger partial charge on any atom is 0.257 e. The van der Waals surface area contributed by atoms with Crippen LogP contribution in [0, 0.1) is 6.92 Å². The molecule has 27 heavy (non-hydrogen) atoms. The van der Waals surface area contributed by atoms with Gasteiger partial charge in [-0.2, -0.15) is 0 Å². The molecule has 1 aliphatic heterocycles. The van der Waals surface area contributed by atoms with Crippen LogP contribution in [-0.4, -0.2) is 33.7 Å². The fraction of sp³-hybridized carbons (Fsp3) is 0.286. The van der Waals surface area contributed by atoms with Crippen LogP contribution in [-0.2, 0) is 4.74 Å². The van der Waals surface area contributed by atoms with E-state index in [1.807, 2.05) is 30.3 Å². The largest absolute Gasteiger partial charge is 0.394 e. The Bertz CT molecular complexity index is 1120. The highest BCUT2D eigenvalue weighted by atomic mass is 16.5. The predicted octanol–water partition coefficient (Wildman–Crippen LogP) is 2.83. The minimum Gasteiger partial charge on any atom is -0.394 e. The number of fused-ring (bicyclic) bond motifs is 4. The van der Waals surface area contributed by atoms with E-state index in [9.17, 15) is 14.7 Å². The third kappa shape index (κ3) is 2.69. The molecule has 2 aromatic heterocycles. The number of hydrogen-bond acceptors (Lipinski definition) is 5. The molecule has 1 aromatic carbocycles. The molecule has 0 saturated carbocycles. The van der Waals surface area contributed by atoms with Crippen molar-refractivity contribution >= 4 is 16.7 Å². The van der Waals surface area contributed by atoms with E-state index in [0.717, 1.165) is 16.5 Å². The molecule has 1 N–H and O–H groups in total. The highest BCUT2D eigenvalue weighted by Crippen LogP contribution is 2.39. The van der Waals surface area contributed by atoms with Crippen LogP contribution in [0.4, 0.5) is 0 Å². The number of benzene rings is 1. The zero-order valence-corrected chi connectivity index (χ0v) is 15.2. The monoisotopic (exact) mass is 364 g/mol. The quantitative estimate of drug-likeness (QED) is 0.704. The molecule has 138 valence electrons. The normalized spacial score (nSPS) is 15.0. The first-order valence-corrected chi connectivity index (χ1v) is 8.98. The molecule has 3 aromatic rings. The minimum absolute atomic E-state index is 0.0740. The van der Waals surface area contributed by atoms with Gasteiger partial charge in [-0.05, 0) is 25.1 Å². The molecule has 6 nitrogen and oxygen atoms in total.